The highest BCUT2D eigenvalue weighted by Crippen LogP contribution is 2.35. The number of methoxy groups -OCH3 is 1. The van der Waals surface area contributed by atoms with E-state index in [-0.39, 0.29) is 6.10 Å². The average Bonchev–Trinajstić information content (AvgIpc) is 2.90. The average molecular weight is 512 g/mol. The standard InChI is InChI=1S/C25H23Cl2N5O3/c1-33-23-11-19-22(29-15-30-25(19)31-16-2-3-20(26)21(27)10-16)12-24(23)35-14-18-13-32(8-9-34-18)17-4-6-28-7-5-17/h2-7,10-12,15,18H,8-9,13-14H2,1H3,(H,29,30,31). The fraction of sp³-hybridized carbons (Fsp3) is 0.240. The van der Waals surface area contributed by atoms with Crippen LogP contribution in [-0.2, 0) is 4.74 Å². The zero-order chi connectivity index (χ0) is 24.2. The molecule has 0 radical (unpaired) electrons. The quantitative estimate of drug-likeness (QED) is 0.354. The first-order chi connectivity index (χ1) is 17.1. The Morgan fingerprint density at radius 3 is 2.71 bits per heavy atom. The van der Waals surface area contributed by atoms with E-state index in [1.54, 1.807) is 31.6 Å². The van der Waals surface area contributed by atoms with Crippen molar-refractivity contribution in [3.05, 3.63) is 71.2 Å². The second kappa shape index (κ2) is 10.5. The number of ether oxygens (including phenoxy) is 3. The van der Waals surface area contributed by atoms with Gasteiger partial charge in [-0.1, -0.05) is 23.2 Å². The summed E-state index contributed by atoms with van der Waals surface area (Å²) in [5, 5.41) is 4.99. The number of rotatable bonds is 7. The van der Waals surface area contributed by atoms with Gasteiger partial charge in [0.25, 0.3) is 0 Å². The second-order valence-corrected chi connectivity index (χ2v) is 8.77. The van der Waals surface area contributed by atoms with Gasteiger partial charge in [0.15, 0.2) is 11.5 Å². The molecule has 180 valence electrons. The van der Waals surface area contributed by atoms with E-state index in [1.165, 1.54) is 6.33 Å². The number of benzene rings is 2. The van der Waals surface area contributed by atoms with E-state index in [0.29, 0.717) is 46.1 Å². The van der Waals surface area contributed by atoms with Crippen molar-refractivity contribution in [2.45, 2.75) is 6.10 Å². The molecule has 0 saturated carbocycles. The largest absolute Gasteiger partial charge is 0.493 e. The van der Waals surface area contributed by atoms with Gasteiger partial charge in [-0.2, -0.15) is 0 Å². The van der Waals surface area contributed by atoms with E-state index in [1.807, 2.05) is 30.3 Å². The van der Waals surface area contributed by atoms with Crippen molar-refractivity contribution in [1.29, 1.82) is 0 Å². The minimum absolute atomic E-state index is 0.0883. The minimum Gasteiger partial charge on any atom is -0.493 e. The monoisotopic (exact) mass is 511 g/mol. The van der Waals surface area contributed by atoms with Crippen LogP contribution in [0.3, 0.4) is 0 Å². The molecule has 1 saturated heterocycles. The summed E-state index contributed by atoms with van der Waals surface area (Å²) in [6.45, 7) is 2.55. The van der Waals surface area contributed by atoms with Crippen LogP contribution in [0.1, 0.15) is 0 Å². The molecule has 1 unspecified atom stereocenters. The Labute approximate surface area is 212 Å². The van der Waals surface area contributed by atoms with Crippen molar-refractivity contribution >= 4 is 51.3 Å². The molecule has 2 aromatic heterocycles. The van der Waals surface area contributed by atoms with Crippen LogP contribution in [-0.4, -0.2) is 54.5 Å². The van der Waals surface area contributed by atoms with Gasteiger partial charge >= 0.3 is 0 Å². The molecule has 1 atom stereocenters. The summed E-state index contributed by atoms with van der Waals surface area (Å²) in [4.78, 5) is 15.2. The van der Waals surface area contributed by atoms with Crippen LogP contribution in [0.5, 0.6) is 11.5 Å². The lowest BCUT2D eigenvalue weighted by Gasteiger charge is -2.34. The first kappa shape index (κ1) is 23.4. The molecule has 2 aromatic carbocycles. The predicted molar refractivity (Wildman–Crippen MR) is 138 cm³/mol. The summed E-state index contributed by atoms with van der Waals surface area (Å²) in [6, 6.07) is 13.0. The van der Waals surface area contributed by atoms with E-state index in [2.05, 4.69) is 25.2 Å². The first-order valence-electron chi connectivity index (χ1n) is 11.0. The van der Waals surface area contributed by atoms with Crippen molar-refractivity contribution in [3.63, 3.8) is 0 Å². The topological polar surface area (TPSA) is 81.6 Å². The van der Waals surface area contributed by atoms with Gasteiger partial charge in [0.2, 0.25) is 0 Å². The SMILES string of the molecule is COc1cc2c(Nc3ccc(Cl)c(Cl)c3)ncnc2cc1OCC1CN(c2ccncc2)CCO1. The van der Waals surface area contributed by atoms with Crippen LogP contribution < -0.4 is 19.7 Å². The van der Waals surface area contributed by atoms with Crippen molar-refractivity contribution in [3.8, 4) is 11.5 Å². The third kappa shape index (κ3) is 5.35. The molecule has 0 amide bonds. The normalized spacial score (nSPS) is 15.7. The molecule has 8 nitrogen and oxygen atoms in total. The summed E-state index contributed by atoms with van der Waals surface area (Å²) in [5.41, 5.74) is 2.59. The van der Waals surface area contributed by atoms with Gasteiger partial charge in [-0.15, -0.1) is 0 Å². The lowest BCUT2D eigenvalue weighted by molar-refractivity contribution is 0.00978. The van der Waals surface area contributed by atoms with Crippen LogP contribution >= 0.6 is 23.2 Å². The number of anilines is 3. The fourth-order valence-electron chi connectivity index (χ4n) is 3.94. The molecule has 1 aliphatic heterocycles. The molecule has 1 aliphatic rings. The zero-order valence-electron chi connectivity index (χ0n) is 18.9. The fourth-order valence-corrected chi connectivity index (χ4v) is 4.24. The summed E-state index contributed by atoms with van der Waals surface area (Å²) < 4.78 is 17.7. The second-order valence-electron chi connectivity index (χ2n) is 7.95. The number of pyridine rings is 1. The number of morpholine rings is 1. The highest BCUT2D eigenvalue weighted by Gasteiger charge is 2.22. The maximum atomic E-state index is 6.15. The van der Waals surface area contributed by atoms with Crippen molar-refractivity contribution in [2.24, 2.45) is 0 Å². The number of aromatic nitrogens is 3. The smallest absolute Gasteiger partial charge is 0.163 e. The summed E-state index contributed by atoms with van der Waals surface area (Å²) in [7, 11) is 1.60. The number of hydrogen-bond donors (Lipinski definition) is 1. The molecular formula is C25H23Cl2N5O3. The summed E-state index contributed by atoms with van der Waals surface area (Å²) in [6.07, 6.45) is 5.00. The molecule has 0 aliphatic carbocycles. The lowest BCUT2D eigenvalue weighted by atomic mass is 10.2. The van der Waals surface area contributed by atoms with E-state index in [9.17, 15) is 0 Å². The third-order valence-corrected chi connectivity index (χ3v) is 6.43. The lowest BCUT2D eigenvalue weighted by Crippen LogP contribution is -2.45. The maximum absolute atomic E-state index is 6.15. The number of nitrogens with zero attached hydrogens (tertiary/aromatic N) is 4. The van der Waals surface area contributed by atoms with Gasteiger partial charge in [-0.05, 0) is 36.4 Å². The van der Waals surface area contributed by atoms with Crippen LogP contribution in [0, 0.1) is 0 Å². The molecule has 35 heavy (non-hydrogen) atoms. The van der Waals surface area contributed by atoms with Crippen molar-refractivity contribution in [2.75, 3.05) is 43.6 Å². The number of halogens is 2. The Bertz CT molecular complexity index is 1330. The number of nitrogens with one attached hydrogen (secondary N) is 1. The van der Waals surface area contributed by atoms with E-state index >= 15 is 0 Å². The van der Waals surface area contributed by atoms with Crippen molar-refractivity contribution in [1.82, 2.24) is 15.0 Å². The predicted octanol–water partition coefficient (Wildman–Crippen LogP) is 5.37. The van der Waals surface area contributed by atoms with E-state index in [0.717, 1.165) is 29.9 Å². The van der Waals surface area contributed by atoms with Crippen LogP contribution in [0.25, 0.3) is 10.9 Å². The van der Waals surface area contributed by atoms with Gasteiger partial charge in [-0.25, -0.2) is 9.97 Å². The van der Waals surface area contributed by atoms with Gasteiger partial charge in [0, 0.05) is 48.3 Å². The highest BCUT2D eigenvalue weighted by atomic mass is 35.5. The number of hydrogen-bond acceptors (Lipinski definition) is 8. The molecule has 5 rings (SSSR count). The van der Waals surface area contributed by atoms with Crippen LogP contribution in [0.15, 0.2) is 61.2 Å². The molecule has 4 aromatic rings. The molecule has 1 N–H and O–H groups in total. The van der Waals surface area contributed by atoms with E-state index in [4.69, 9.17) is 37.4 Å². The Morgan fingerprint density at radius 1 is 1.06 bits per heavy atom. The summed E-state index contributed by atoms with van der Waals surface area (Å²) >= 11 is 12.2. The highest BCUT2D eigenvalue weighted by molar-refractivity contribution is 6.42. The first-order valence-corrected chi connectivity index (χ1v) is 11.8. The van der Waals surface area contributed by atoms with Crippen molar-refractivity contribution < 1.29 is 14.2 Å². The van der Waals surface area contributed by atoms with Crippen LogP contribution in [0.4, 0.5) is 17.2 Å². The van der Waals surface area contributed by atoms with Crippen LogP contribution in [0.2, 0.25) is 10.0 Å². The Hall–Kier alpha value is -3.33. The minimum atomic E-state index is -0.0883. The Balaban J connectivity index is 1.33. The van der Waals surface area contributed by atoms with Gasteiger partial charge < -0.3 is 24.4 Å². The molecule has 10 heteroatoms. The molecule has 1 fully saturated rings. The molecular weight excluding hydrogens is 489 g/mol. The van der Waals surface area contributed by atoms with E-state index < -0.39 is 0 Å². The molecule has 3 heterocycles. The van der Waals surface area contributed by atoms with Gasteiger partial charge in [-0.3, -0.25) is 4.98 Å². The zero-order valence-corrected chi connectivity index (χ0v) is 20.5. The number of fused-ring (bicyclic) bond motifs is 1. The maximum Gasteiger partial charge on any atom is 0.163 e. The van der Waals surface area contributed by atoms with Gasteiger partial charge in [0.1, 0.15) is 24.9 Å². The molecule has 0 spiro atoms. The third-order valence-electron chi connectivity index (χ3n) is 5.69. The van der Waals surface area contributed by atoms with Gasteiger partial charge in [0.05, 0.1) is 29.3 Å². The Morgan fingerprint density at radius 2 is 1.91 bits per heavy atom. The molecule has 0 bridgehead atoms. The summed E-state index contributed by atoms with van der Waals surface area (Å²) in [5.74, 6) is 1.77. The Kier molecular flexibility index (Phi) is 7.03.